The van der Waals surface area contributed by atoms with E-state index in [1.54, 1.807) is 13.0 Å². The van der Waals surface area contributed by atoms with Gasteiger partial charge in [-0.3, -0.25) is 19.3 Å². The molecule has 2 heterocycles. The normalized spacial score (nSPS) is 33.0. The lowest BCUT2D eigenvalue weighted by Gasteiger charge is -2.37. The average molecular weight is 426 g/mol. The number of anilines is 1. The highest BCUT2D eigenvalue weighted by molar-refractivity contribution is 6.11. The predicted molar refractivity (Wildman–Crippen MR) is 118 cm³/mol. The number of furan rings is 1. The van der Waals surface area contributed by atoms with Crippen LogP contribution in [-0.2, 0) is 14.4 Å². The van der Waals surface area contributed by atoms with E-state index in [1.165, 1.54) is 4.90 Å². The van der Waals surface area contributed by atoms with Crippen LogP contribution < -0.4 is 5.32 Å². The molecule has 0 radical (unpaired) electrons. The van der Waals surface area contributed by atoms with Gasteiger partial charge in [-0.25, -0.2) is 0 Å². The van der Waals surface area contributed by atoms with Crippen molar-refractivity contribution in [1.29, 1.82) is 0 Å². The largest absolute Gasteiger partial charge is 0.456 e. The van der Waals surface area contributed by atoms with Crippen molar-refractivity contribution in [2.75, 3.05) is 5.32 Å². The highest BCUT2D eigenvalue weighted by atomic mass is 16.3. The average Bonchev–Trinajstić information content (AvgIpc) is 3.49. The van der Waals surface area contributed by atoms with Crippen LogP contribution in [0.5, 0.6) is 0 Å². The zero-order valence-electron chi connectivity index (χ0n) is 17.5. The number of likely N-dealkylation sites (tertiary alicyclic amines) is 1. The van der Waals surface area contributed by atoms with Crippen LogP contribution in [-0.4, -0.2) is 28.7 Å². The molecule has 2 bridgehead atoms. The summed E-state index contributed by atoms with van der Waals surface area (Å²) < 4.78 is 5.90. The Kier molecular flexibility index (Phi) is 3.46. The molecule has 2 aromatic carbocycles. The van der Waals surface area contributed by atoms with Gasteiger partial charge in [-0.1, -0.05) is 30.4 Å². The van der Waals surface area contributed by atoms with Crippen LogP contribution in [0.25, 0.3) is 21.9 Å². The molecule has 1 N–H and O–H groups in total. The van der Waals surface area contributed by atoms with Gasteiger partial charge in [0.25, 0.3) is 0 Å². The molecule has 8 rings (SSSR count). The van der Waals surface area contributed by atoms with Crippen LogP contribution in [0.2, 0.25) is 0 Å². The monoisotopic (exact) mass is 426 g/mol. The molecule has 6 nitrogen and oxygen atoms in total. The van der Waals surface area contributed by atoms with Crippen molar-refractivity contribution >= 4 is 45.3 Å². The van der Waals surface area contributed by atoms with Crippen LogP contribution in [0.1, 0.15) is 13.3 Å². The first-order chi connectivity index (χ1) is 15.5. The minimum atomic E-state index is -0.859. The summed E-state index contributed by atoms with van der Waals surface area (Å²) in [5.41, 5.74) is 2.04. The summed E-state index contributed by atoms with van der Waals surface area (Å²) in [6.45, 7) is 1.64. The van der Waals surface area contributed by atoms with E-state index in [1.807, 2.05) is 36.4 Å². The summed E-state index contributed by atoms with van der Waals surface area (Å²) in [6.07, 6.45) is 5.40. The number of rotatable bonds is 3. The highest BCUT2D eigenvalue weighted by Gasteiger charge is 2.67. The number of allylic oxidation sites excluding steroid dienone is 2. The Bertz CT molecular complexity index is 1330. The first kappa shape index (κ1) is 18.2. The van der Waals surface area contributed by atoms with Gasteiger partial charge in [0.2, 0.25) is 17.7 Å². The Morgan fingerprint density at radius 3 is 2.34 bits per heavy atom. The van der Waals surface area contributed by atoms with E-state index in [0.717, 1.165) is 22.8 Å². The maximum atomic E-state index is 13.3. The fourth-order valence-corrected chi connectivity index (χ4v) is 6.53. The number of hydrogen-bond donors (Lipinski definition) is 1. The number of hydrogen-bond acceptors (Lipinski definition) is 4. The standard InChI is InChI=1S/C26H22N2O4/c1-12(28-25(30)22-16-8-9-17(19-11-18(16)19)23(22)26(28)31)24(29)27-13-6-7-15-14-4-2-3-5-20(14)32-21(15)10-13/h2-10,12,16-19,22-23H,11H2,1H3,(H,27,29)/t12-,16+,17+,18-,19+,22-,23-/m1/s1. The minimum absolute atomic E-state index is 0.155. The lowest BCUT2D eigenvalue weighted by Crippen LogP contribution is -2.46. The fraction of sp³-hybridized carbons (Fsp3) is 0.346. The number of imide groups is 1. The van der Waals surface area contributed by atoms with Crippen molar-refractivity contribution in [3.63, 3.8) is 0 Å². The molecule has 2 saturated carbocycles. The molecule has 32 heavy (non-hydrogen) atoms. The topological polar surface area (TPSA) is 79.6 Å². The molecule has 4 aliphatic carbocycles. The lowest BCUT2D eigenvalue weighted by molar-refractivity contribution is -0.146. The smallest absolute Gasteiger partial charge is 0.247 e. The van der Waals surface area contributed by atoms with Crippen molar-refractivity contribution in [1.82, 2.24) is 4.90 Å². The molecule has 6 heteroatoms. The van der Waals surface area contributed by atoms with Crippen molar-refractivity contribution < 1.29 is 18.8 Å². The Labute approximate surface area is 184 Å². The second-order valence-electron chi connectivity index (χ2n) is 9.68. The number of nitrogens with one attached hydrogen (secondary N) is 1. The summed E-state index contributed by atoms with van der Waals surface area (Å²) in [4.78, 5) is 40.8. The Morgan fingerprint density at radius 1 is 0.969 bits per heavy atom. The van der Waals surface area contributed by atoms with E-state index in [-0.39, 0.29) is 41.4 Å². The van der Waals surface area contributed by atoms with Gasteiger partial charge >= 0.3 is 0 Å². The predicted octanol–water partition coefficient (Wildman–Crippen LogP) is 3.97. The van der Waals surface area contributed by atoms with Crippen LogP contribution in [0.3, 0.4) is 0 Å². The number of fused-ring (bicyclic) bond motifs is 3. The number of carbonyl (C=O) groups excluding carboxylic acids is 3. The number of para-hydroxylation sites is 1. The van der Waals surface area contributed by atoms with Crippen molar-refractivity contribution in [2.45, 2.75) is 19.4 Å². The maximum absolute atomic E-state index is 13.3. The van der Waals surface area contributed by atoms with Gasteiger partial charge in [0.05, 0.1) is 11.8 Å². The molecule has 3 fully saturated rings. The van der Waals surface area contributed by atoms with Crippen molar-refractivity contribution in [3.8, 4) is 0 Å². The second-order valence-corrected chi connectivity index (χ2v) is 9.68. The molecule has 1 saturated heterocycles. The Morgan fingerprint density at radius 2 is 1.62 bits per heavy atom. The first-order valence-electron chi connectivity index (χ1n) is 11.3. The third-order valence-corrected chi connectivity index (χ3v) is 8.11. The molecular formula is C26H22N2O4. The fourth-order valence-electron chi connectivity index (χ4n) is 6.53. The third-order valence-electron chi connectivity index (χ3n) is 8.11. The quantitative estimate of drug-likeness (QED) is 0.508. The van der Waals surface area contributed by atoms with Gasteiger partial charge in [0.15, 0.2) is 0 Å². The zero-order chi connectivity index (χ0) is 21.7. The molecule has 0 unspecified atom stereocenters. The van der Waals surface area contributed by atoms with E-state index < -0.39 is 6.04 Å². The Balaban J connectivity index is 1.15. The molecule has 1 aromatic heterocycles. The molecule has 160 valence electrons. The van der Waals surface area contributed by atoms with E-state index in [9.17, 15) is 14.4 Å². The van der Waals surface area contributed by atoms with Crippen LogP contribution in [0.15, 0.2) is 59.0 Å². The molecule has 3 aromatic rings. The summed E-state index contributed by atoms with van der Waals surface area (Å²) in [5.74, 6) is 0.0906. The number of amides is 3. The van der Waals surface area contributed by atoms with Crippen LogP contribution in [0.4, 0.5) is 5.69 Å². The van der Waals surface area contributed by atoms with Gasteiger partial charge in [-0.15, -0.1) is 0 Å². The van der Waals surface area contributed by atoms with E-state index in [0.29, 0.717) is 23.1 Å². The number of benzene rings is 2. The SMILES string of the molecule is C[C@H](C(=O)Nc1ccc2c(c1)oc1ccccc12)N1C(=O)[C@@H]2[C@H]3C=C[C@@H]([C@@H]4C[C@H]34)[C@H]2C1=O. The number of nitrogens with zero attached hydrogens (tertiary/aromatic N) is 1. The van der Waals surface area contributed by atoms with Gasteiger partial charge < -0.3 is 9.73 Å². The van der Waals surface area contributed by atoms with Crippen LogP contribution >= 0.6 is 0 Å². The van der Waals surface area contributed by atoms with E-state index in [2.05, 4.69) is 17.5 Å². The number of carbonyl (C=O) groups is 3. The van der Waals surface area contributed by atoms with Crippen LogP contribution in [0, 0.1) is 35.5 Å². The minimum Gasteiger partial charge on any atom is -0.456 e. The first-order valence-corrected chi connectivity index (χ1v) is 11.3. The molecule has 1 aliphatic heterocycles. The molecule has 3 amide bonds. The molecule has 5 aliphatic rings. The summed E-state index contributed by atoms with van der Waals surface area (Å²) in [5, 5.41) is 4.87. The van der Waals surface area contributed by atoms with Gasteiger partial charge in [-0.2, -0.15) is 0 Å². The Hall–Kier alpha value is -3.41. The van der Waals surface area contributed by atoms with E-state index >= 15 is 0 Å². The van der Waals surface area contributed by atoms with E-state index in [4.69, 9.17) is 4.42 Å². The van der Waals surface area contributed by atoms with Gasteiger partial charge in [0.1, 0.15) is 17.2 Å². The zero-order valence-corrected chi connectivity index (χ0v) is 17.5. The second kappa shape index (κ2) is 6.09. The third kappa shape index (κ3) is 2.27. The summed E-state index contributed by atoms with van der Waals surface area (Å²) in [6, 6.07) is 12.4. The summed E-state index contributed by atoms with van der Waals surface area (Å²) in [7, 11) is 0. The molecular weight excluding hydrogens is 404 g/mol. The van der Waals surface area contributed by atoms with Crippen molar-refractivity contribution in [3.05, 3.63) is 54.6 Å². The highest BCUT2D eigenvalue weighted by Crippen LogP contribution is 2.65. The van der Waals surface area contributed by atoms with Gasteiger partial charge in [0, 0.05) is 22.5 Å². The molecule has 7 atom stereocenters. The molecule has 0 spiro atoms. The summed E-state index contributed by atoms with van der Waals surface area (Å²) >= 11 is 0. The van der Waals surface area contributed by atoms with Gasteiger partial charge in [-0.05, 0) is 55.2 Å². The lowest BCUT2D eigenvalue weighted by atomic mass is 9.63. The maximum Gasteiger partial charge on any atom is 0.247 e. The van der Waals surface area contributed by atoms with Crippen molar-refractivity contribution in [2.24, 2.45) is 35.5 Å².